The van der Waals surface area contributed by atoms with Crippen molar-refractivity contribution in [2.24, 2.45) is 0 Å². The summed E-state index contributed by atoms with van der Waals surface area (Å²) in [5.41, 5.74) is 3.86. The third-order valence-corrected chi connectivity index (χ3v) is 4.66. The van der Waals surface area contributed by atoms with E-state index in [1.165, 1.54) is 18.2 Å². The van der Waals surface area contributed by atoms with Gasteiger partial charge in [0.25, 0.3) is 0 Å². The summed E-state index contributed by atoms with van der Waals surface area (Å²) in [5, 5.41) is 9.15. The van der Waals surface area contributed by atoms with Crippen LogP contribution in [0.4, 0.5) is 14.9 Å². The second-order valence-corrected chi connectivity index (χ2v) is 7.05. The molecule has 0 aliphatic carbocycles. The van der Waals surface area contributed by atoms with E-state index in [0.29, 0.717) is 6.54 Å². The van der Waals surface area contributed by atoms with E-state index in [-0.39, 0.29) is 12.2 Å². The predicted molar refractivity (Wildman–Crippen MR) is 113 cm³/mol. The van der Waals surface area contributed by atoms with Crippen LogP contribution in [-0.4, -0.2) is 40.2 Å². The number of anilines is 1. The number of hydrogen-bond acceptors (Lipinski definition) is 4. The maximum absolute atomic E-state index is 13.6. The van der Waals surface area contributed by atoms with Gasteiger partial charge in [0.1, 0.15) is 5.82 Å². The fourth-order valence-electron chi connectivity index (χ4n) is 3.18. The Labute approximate surface area is 174 Å². The van der Waals surface area contributed by atoms with Crippen LogP contribution in [0.1, 0.15) is 17.0 Å². The minimum Gasteiger partial charge on any atom is -0.305 e. The van der Waals surface area contributed by atoms with Gasteiger partial charge in [-0.05, 0) is 45.2 Å². The average molecular weight is 409 g/mol. The van der Waals surface area contributed by atoms with E-state index in [9.17, 15) is 14.0 Å². The summed E-state index contributed by atoms with van der Waals surface area (Å²) in [7, 11) is 1.78. The minimum absolute atomic E-state index is 0.0000881. The zero-order chi connectivity index (χ0) is 21.7. The van der Waals surface area contributed by atoms with Gasteiger partial charge in [-0.2, -0.15) is 5.10 Å². The standard InChI is InChI=1S/C22H24FN5O2/c1-15-18(16(2)28(26-15)17-9-5-4-6-10-17)13-27(3)14-21(29)25-22(30)24-20-12-8-7-11-19(20)23/h4-12H,13-14H2,1-3H3,(H2,24,25,29,30). The van der Waals surface area contributed by atoms with Gasteiger partial charge in [0.2, 0.25) is 5.91 Å². The zero-order valence-electron chi connectivity index (χ0n) is 17.1. The minimum atomic E-state index is -0.775. The molecule has 3 aromatic rings. The molecule has 3 amide bonds. The second kappa shape index (κ2) is 9.32. The Morgan fingerprint density at radius 3 is 2.43 bits per heavy atom. The molecule has 156 valence electrons. The number of urea groups is 1. The molecule has 0 bridgehead atoms. The van der Waals surface area contributed by atoms with Crippen molar-refractivity contribution in [3.05, 3.63) is 77.4 Å². The highest BCUT2D eigenvalue weighted by Crippen LogP contribution is 2.19. The van der Waals surface area contributed by atoms with Crippen LogP contribution in [-0.2, 0) is 11.3 Å². The Bertz CT molecular complexity index is 1050. The molecule has 0 aliphatic rings. The molecule has 1 aromatic heterocycles. The first-order chi connectivity index (χ1) is 14.3. The summed E-state index contributed by atoms with van der Waals surface area (Å²) in [6.07, 6.45) is 0. The smallest absolute Gasteiger partial charge is 0.305 e. The van der Waals surface area contributed by atoms with Gasteiger partial charge in [0.05, 0.1) is 23.6 Å². The molecule has 3 rings (SSSR count). The molecule has 2 N–H and O–H groups in total. The second-order valence-electron chi connectivity index (χ2n) is 7.05. The molecule has 0 atom stereocenters. The number of aromatic nitrogens is 2. The number of imide groups is 1. The fraction of sp³-hybridized carbons (Fsp3) is 0.227. The van der Waals surface area contributed by atoms with Gasteiger partial charge in [-0.25, -0.2) is 13.9 Å². The number of rotatable bonds is 6. The summed E-state index contributed by atoms with van der Waals surface area (Å²) in [6.45, 7) is 4.41. The zero-order valence-corrected chi connectivity index (χ0v) is 17.1. The number of nitrogens with zero attached hydrogens (tertiary/aromatic N) is 3. The molecule has 0 aliphatic heterocycles. The third-order valence-electron chi connectivity index (χ3n) is 4.66. The van der Waals surface area contributed by atoms with E-state index in [1.807, 2.05) is 48.9 Å². The normalized spacial score (nSPS) is 10.8. The maximum Gasteiger partial charge on any atom is 0.326 e. The van der Waals surface area contributed by atoms with E-state index in [0.717, 1.165) is 22.6 Å². The highest BCUT2D eigenvalue weighted by molar-refractivity contribution is 6.01. The molecular weight excluding hydrogens is 385 g/mol. The predicted octanol–water partition coefficient (Wildman–Crippen LogP) is 3.41. The Morgan fingerprint density at radius 1 is 1.07 bits per heavy atom. The van der Waals surface area contributed by atoms with Crippen molar-refractivity contribution >= 4 is 17.6 Å². The first-order valence-electron chi connectivity index (χ1n) is 9.49. The first kappa shape index (κ1) is 21.2. The van der Waals surface area contributed by atoms with Gasteiger partial charge in [-0.15, -0.1) is 0 Å². The van der Waals surface area contributed by atoms with Crippen LogP contribution in [0.5, 0.6) is 0 Å². The molecule has 0 saturated heterocycles. The van der Waals surface area contributed by atoms with E-state index in [2.05, 4.69) is 15.7 Å². The summed E-state index contributed by atoms with van der Waals surface area (Å²) >= 11 is 0. The molecule has 0 unspecified atom stereocenters. The van der Waals surface area contributed by atoms with Gasteiger partial charge in [0.15, 0.2) is 0 Å². The SMILES string of the molecule is Cc1nn(-c2ccccc2)c(C)c1CN(C)CC(=O)NC(=O)Nc1ccccc1F. The lowest BCUT2D eigenvalue weighted by molar-refractivity contribution is -0.120. The first-order valence-corrected chi connectivity index (χ1v) is 9.49. The Morgan fingerprint density at radius 2 is 1.73 bits per heavy atom. The number of carbonyl (C=O) groups excluding carboxylic acids is 2. The lowest BCUT2D eigenvalue weighted by Gasteiger charge is -2.16. The number of likely N-dealkylation sites (N-methyl/N-ethyl adjacent to an activating group) is 1. The van der Waals surface area contributed by atoms with Crippen molar-refractivity contribution in [3.63, 3.8) is 0 Å². The highest BCUT2D eigenvalue weighted by Gasteiger charge is 2.17. The van der Waals surface area contributed by atoms with E-state index < -0.39 is 17.8 Å². The topological polar surface area (TPSA) is 79.3 Å². The molecule has 0 saturated carbocycles. The van der Waals surface area contributed by atoms with Crippen molar-refractivity contribution in [3.8, 4) is 5.69 Å². The number of halogens is 1. The van der Waals surface area contributed by atoms with Crippen LogP contribution in [0.2, 0.25) is 0 Å². The molecule has 2 aromatic carbocycles. The van der Waals surface area contributed by atoms with Crippen molar-refractivity contribution in [1.82, 2.24) is 20.0 Å². The largest absolute Gasteiger partial charge is 0.326 e. The summed E-state index contributed by atoms with van der Waals surface area (Å²) in [4.78, 5) is 25.9. The summed E-state index contributed by atoms with van der Waals surface area (Å²) in [6, 6.07) is 14.8. The van der Waals surface area contributed by atoms with Crippen LogP contribution < -0.4 is 10.6 Å². The monoisotopic (exact) mass is 409 g/mol. The van der Waals surface area contributed by atoms with Crippen molar-refractivity contribution in [1.29, 1.82) is 0 Å². The van der Waals surface area contributed by atoms with Crippen molar-refractivity contribution < 1.29 is 14.0 Å². The molecule has 0 radical (unpaired) electrons. The van der Waals surface area contributed by atoms with E-state index >= 15 is 0 Å². The van der Waals surface area contributed by atoms with E-state index in [1.54, 1.807) is 18.0 Å². The van der Waals surface area contributed by atoms with Crippen LogP contribution in [0.25, 0.3) is 5.69 Å². The number of benzene rings is 2. The van der Waals surface area contributed by atoms with Crippen LogP contribution in [0.15, 0.2) is 54.6 Å². The Kier molecular flexibility index (Phi) is 6.58. The molecule has 0 spiro atoms. The number of aryl methyl sites for hydroxylation is 1. The van der Waals surface area contributed by atoms with Crippen molar-refractivity contribution in [2.45, 2.75) is 20.4 Å². The van der Waals surface area contributed by atoms with Gasteiger partial charge in [0, 0.05) is 17.8 Å². The number of hydrogen-bond donors (Lipinski definition) is 2. The highest BCUT2D eigenvalue weighted by atomic mass is 19.1. The van der Waals surface area contributed by atoms with Crippen LogP contribution in [0, 0.1) is 19.7 Å². The number of amides is 3. The van der Waals surface area contributed by atoms with Gasteiger partial charge >= 0.3 is 6.03 Å². The van der Waals surface area contributed by atoms with Gasteiger partial charge < -0.3 is 5.32 Å². The Hall–Kier alpha value is -3.52. The quantitative estimate of drug-likeness (QED) is 0.654. The lowest BCUT2D eigenvalue weighted by Crippen LogP contribution is -2.40. The number of carbonyl (C=O) groups is 2. The number of nitrogens with one attached hydrogen (secondary N) is 2. The van der Waals surface area contributed by atoms with Crippen LogP contribution >= 0.6 is 0 Å². The summed E-state index contributed by atoms with van der Waals surface area (Å²) < 4.78 is 15.5. The molecular formula is C22H24FN5O2. The molecule has 1 heterocycles. The summed E-state index contributed by atoms with van der Waals surface area (Å²) in [5.74, 6) is -1.06. The van der Waals surface area contributed by atoms with Crippen molar-refractivity contribution in [2.75, 3.05) is 18.9 Å². The third kappa shape index (κ3) is 5.09. The molecule has 0 fully saturated rings. The van der Waals surface area contributed by atoms with Crippen LogP contribution in [0.3, 0.4) is 0 Å². The molecule has 8 heteroatoms. The molecule has 7 nitrogen and oxygen atoms in total. The fourth-order valence-corrected chi connectivity index (χ4v) is 3.18. The van der Waals surface area contributed by atoms with E-state index in [4.69, 9.17) is 0 Å². The van der Waals surface area contributed by atoms with Gasteiger partial charge in [-0.1, -0.05) is 30.3 Å². The molecule has 30 heavy (non-hydrogen) atoms. The Balaban J connectivity index is 1.58. The number of para-hydroxylation sites is 2. The average Bonchev–Trinajstić information content (AvgIpc) is 2.98. The van der Waals surface area contributed by atoms with Gasteiger partial charge in [-0.3, -0.25) is 15.0 Å². The maximum atomic E-state index is 13.6. The lowest BCUT2D eigenvalue weighted by atomic mass is 10.2.